The number of halogens is 2. The number of aromatic nitrogens is 2. The van der Waals surface area contributed by atoms with Crippen molar-refractivity contribution < 1.29 is 17.9 Å². The first-order chi connectivity index (χ1) is 14.3. The second-order valence-electron chi connectivity index (χ2n) is 6.01. The number of nitrogens with two attached hydrogens (primary N) is 1. The lowest BCUT2D eigenvalue weighted by atomic mass is 10.1. The van der Waals surface area contributed by atoms with Gasteiger partial charge in [0.2, 0.25) is 11.7 Å². The zero-order valence-corrected chi connectivity index (χ0v) is 18.1. The smallest absolute Gasteiger partial charge is 0.264 e. The Hall–Kier alpha value is -2.59. The number of nitrogens with one attached hydrogen (secondary N) is 1. The Morgan fingerprint density at radius 1 is 1.13 bits per heavy atom. The van der Waals surface area contributed by atoms with E-state index in [0.717, 1.165) is 12.0 Å². The van der Waals surface area contributed by atoms with Gasteiger partial charge in [-0.05, 0) is 42.8 Å². The Kier molecular flexibility index (Phi) is 6.99. The van der Waals surface area contributed by atoms with Gasteiger partial charge in [0.1, 0.15) is 10.6 Å². The summed E-state index contributed by atoms with van der Waals surface area (Å²) in [7, 11) is -2.75. The van der Waals surface area contributed by atoms with E-state index in [1.54, 1.807) is 12.1 Å². The fraction of sp³-hybridized carbons (Fsp3) is 0.158. The summed E-state index contributed by atoms with van der Waals surface area (Å²) < 4.78 is 38.5. The number of nitrogens with zero attached hydrogens (tertiary/aromatic N) is 2. The van der Waals surface area contributed by atoms with Crippen molar-refractivity contribution in [1.29, 1.82) is 0 Å². The quantitative estimate of drug-likeness (QED) is 0.514. The highest BCUT2D eigenvalue weighted by Gasteiger charge is 2.23. The van der Waals surface area contributed by atoms with Gasteiger partial charge >= 0.3 is 0 Å². The molecule has 2 aromatic carbocycles. The van der Waals surface area contributed by atoms with Crippen LogP contribution in [0.5, 0.6) is 17.5 Å². The van der Waals surface area contributed by atoms with Gasteiger partial charge in [0.25, 0.3) is 15.9 Å². The molecule has 0 aliphatic carbocycles. The zero-order valence-electron chi connectivity index (χ0n) is 15.8. The Labute approximate surface area is 184 Å². The predicted octanol–water partition coefficient (Wildman–Crippen LogP) is 3.89. The summed E-state index contributed by atoms with van der Waals surface area (Å²) in [5.41, 5.74) is 6.62. The van der Waals surface area contributed by atoms with Crippen molar-refractivity contribution in [2.24, 2.45) is 5.73 Å². The van der Waals surface area contributed by atoms with Crippen LogP contribution in [0.4, 0.5) is 5.82 Å². The SMILES string of the molecule is COc1nc(Oc2ccc(CCN)cc2)cnc1NS(=O)(=O)c1cccc(Cl)c1Cl. The molecule has 158 valence electrons. The van der Waals surface area contributed by atoms with Gasteiger partial charge in [-0.25, -0.2) is 13.4 Å². The molecule has 0 radical (unpaired) electrons. The van der Waals surface area contributed by atoms with Crippen molar-refractivity contribution in [3.8, 4) is 17.5 Å². The van der Waals surface area contributed by atoms with Crippen LogP contribution in [-0.4, -0.2) is 32.0 Å². The van der Waals surface area contributed by atoms with Crippen LogP contribution < -0.4 is 19.9 Å². The second kappa shape index (κ2) is 9.48. The zero-order chi connectivity index (χ0) is 21.7. The molecular weight excluding hydrogens is 451 g/mol. The number of hydrogen-bond donors (Lipinski definition) is 2. The summed E-state index contributed by atoms with van der Waals surface area (Å²) in [4.78, 5) is 8.01. The Balaban J connectivity index is 1.82. The lowest BCUT2D eigenvalue weighted by molar-refractivity contribution is 0.382. The van der Waals surface area contributed by atoms with E-state index in [1.807, 2.05) is 12.1 Å². The normalized spacial score (nSPS) is 11.2. The average Bonchev–Trinajstić information content (AvgIpc) is 2.72. The summed E-state index contributed by atoms with van der Waals surface area (Å²) >= 11 is 11.9. The maximum Gasteiger partial charge on any atom is 0.264 e. The molecule has 0 fully saturated rings. The first-order valence-corrected chi connectivity index (χ1v) is 10.9. The molecule has 1 aromatic heterocycles. The number of methoxy groups -OCH3 is 1. The molecule has 30 heavy (non-hydrogen) atoms. The van der Waals surface area contributed by atoms with Gasteiger partial charge in [0.15, 0.2) is 0 Å². The van der Waals surface area contributed by atoms with Crippen molar-refractivity contribution in [3.05, 3.63) is 64.3 Å². The summed E-state index contributed by atoms with van der Waals surface area (Å²) in [6, 6.07) is 11.6. The third-order valence-corrected chi connectivity index (χ3v) is 6.24. The number of anilines is 1. The van der Waals surface area contributed by atoms with E-state index in [0.29, 0.717) is 12.3 Å². The van der Waals surface area contributed by atoms with E-state index in [-0.39, 0.29) is 32.5 Å². The number of ether oxygens (including phenoxy) is 2. The fourth-order valence-corrected chi connectivity index (χ4v) is 4.27. The van der Waals surface area contributed by atoms with Gasteiger partial charge in [0.05, 0.1) is 23.4 Å². The number of rotatable bonds is 8. The maximum absolute atomic E-state index is 12.7. The van der Waals surface area contributed by atoms with Crippen LogP contribution in [0.15, 0.2) is 53.6 Å². The summed E-state index contributed by atoms with van der Waals surface area (Å²) in [6.07, 6.45) is 2.03. The summed E-state index contributed by atoms with van der Waals surface area (Å²) in [5, 5.41) is 0.00967. The lowest BCUT2D eigenvalue weighted by Crippen LogP contribution is -2.15. The average molecular weight is 469 g/mol. The highest BCUT2D eigenvalue weighted by atomic mass is 35.5. The van der Waals surface area contributed by atoms with Crippen LogP contribution >= 0.6 is 23.2 Å². The Morgan fingerprint density at radius 2 is 1.87 bits per heavy atom. The largest absolute Gasteiger partial charge is 0.478 e. The van der Waals surface area contributed by atoms with Gasteiger partial charge < -0.3 is 15.2 Å². The topological polar surface area (TPSA) is 116 Å². The highest BCUT2D eigenvalue weighted by Crippen LogP contribution is 2.32. The predicted molar refractivity (Wildman–Crippen MR) is 115 cm³/mol. The van der Waals surface area contributed by atoms with Crippen LogP contribution in [0.25, 0.3) is 0 Å². The van der Waals surface area contributed by atoms with Crippen LogP contribution in [0, 0.1) is 0 Å². The van der Waals surface area contributed by atoms with Gasteiger partial charge in [-0.1, -0.05) is 41.4 Å². The molecule has 1 heterocycles. The van der Waals surface area contributed by atoms with Gasteiger partial charge in [0, 0.05) is 0 Å². The number of sulfonamides is 1. The van der Waals surface area contributed by atoms with E-state index in [4.69, 9.17) is 38.4 Å². The minimum absolute atomic E-state index is 0.0750. The van der Waals surface area contributed by atoms with Crippen molar-refractivity contribution >= 4 is 39.0 Å². The molecule has 0 spiro atoms. The summed E-state index contributed by atoms with van der Waals surface area (Å²) in [5.74, 6) is 0.460. The molecule has 0 unspecified atom stereocenters. The molecule has 8 nitrogen and oxygen atoms in total. The maximum atomic E-state index is 12.7. The first-order valence-electron chi connectivity index (χ1n) is 8.69. The molecule has 11 heteroatoms. The van der Waals surface area contributed by atoms with Gasteiger partial charge in [-0.2, -0.15) is 4.98 Å². The molecule has 0 aliphatic rings. The number of benzene rings is 2. The van der Waals surface area contributed by atoms with Crippen LogP contribution in [0.1, 0.15) is 5.56 Å². The lowest BCUT2D eigenvalue weighted by Gasteiger charge is -2.13. The molecule has 3 aromatic rings. The Bertz CT molecular complexity index is 1140. The van der Waals surface area contributed by atoms with Crippen molar-refractivity contribution in [2.45, 2.75) is 11.3 Å². The standard InChI is InChI=1S/C19H18Cl2N4O4S/c1-28-19-18(25-30(26,27)15-4-2-3-14(20)17(15)21)23-11-16(24-19)29-13-7-5-12(6-8-13)9-10-22/h2-8,11H,9-10,22H2,1H3,(H,23,25). The highest BCUT2D eigenvalue weighted by molar-refractivity contribution is 7.92. The Morgan fingerprint density at radius 3 is 2.53 bits per heavy atom. The number of hydrogen-bond acceptors (Lipinski definition) is 7. The van der Waals surface area contributed by atoms with Crippen LogP contribution in [0.3, 0.4) is 0 Å². The molecule has 0 atom stereocenters. The molecular formula is C19H18Cl2N4O4S. The van der Waals surface area contributed by atoms with E-state index < -0.39 is 10.0 Å². The molecule has 0 amide bonds. The molecule has 0 saturated carbocycles. The third kappa shape index (κ3) is 5.11. The molecule has 0 bridgehead atoms. The second-order valence-corrected chi connectivity index (χ2v) is 8.44. The van der Waals surface area contributed by atoms with E-state index in [9.17, 15) is 8.42 Å². The first kappa shape index (κ1) is 22.1. The van der Waals surface area contributed by atoms with E-state index >= 15 is 0 Å². The summed E-state index contributed by atoms with van der Waals surface area (Å²) in [6.45, 7) is 0.556. The van der Waals surface area contributed by atoms with Gasteiger partial charge in [-0.15, -0.1) is 0 Å². The molecule has 3 N–H and O–H groups in total. The van der Waals surface area contributed by atoms with E-state index in [1.165, 1.54) is 31.5 Å². The van der Waals surface area contributed by atoms with Crippen LogP contribution in [0.2, 0.25) is 10.0 Å². The van der Waals surface area contributed by atoms with Crippen molar-refractivity contribution in [3.63, 3.8) is 0 Å². The molecule has 0 aliphatic heterocycles. The van der Waals surface area contributed by atoms with Crippen molar-refractivity contribution in [2.75, 3.05) is 18.4 Å². The van der Waals surface area contributed by atoms with E-state index in [2.05, 4.69) is 14.7 Å². The monoisotopic (exact) mass is 468 g/mol. The van der Waals surface area contributed by atoms with Crippen LogP contribution in [-0.2, 0) is 16.4 Å². The minimum Gasteiger partial charge on any atom is -0.478 e. The molecule has 0 saturated heterocycles. The van der Waals surface area contributed by atoms with Gasteiger partial charge in [-0.3, -0.25) is 4.72 Å². The molecule has 3 rings (SSSR count). The van der Waals surface area contributed by atoms with Crippen molar-refractivity contribution in [1.82, 2.24) is 9.97 Å². The fourth-order valence-electron chi connectivity index (χ4n) is 2.50. The third-order valence-electron chi connectivity index (χ3n) is 3.93. The minimum atomic E-state index is -4.08.